The number of phenolic OH excluding ortho intramolecular Hbond substituents is 1. The SMILES string of the molecule is O=C(c1cnn(C(=O)c2cccc3ccccc23)c1)c1cc(Br)cc(Br)c1O. The fourth-order valence-corrected chi connectivity index (χ4v) is 4.21. The van der Waals surface area contributed by atoms with Crippen molar-refractivity contribution >= 4 is 54.3 Å². The van der Waals surface area contributed by atoms with Crippen LogP contribution in [0.2, 0.25) is 0 Å². The van der Waals surface area contributed by atoms with Crippen molar-refractivity contribution in [3.63, 3.8) is 0 Å². The predicted molar refractivity (Wildman–Crippen MR) is 113 cm³/mol. The third kappa shape index (κ3) is 3.27. The Morgan fingerprint density at radius 3 is 2.54 bits per heavy atom. The Morgan fingerprint density at radius 1 is 0.964 bits per heavy atom. The molecule has 138 valence electrons. The molecule has 4 aromatic rings. The average molecular weight is 500 g/mol. The molecule has 0 unspecified atom stereocenters. The van der Waals surface area contributed by atoms with E-state index in [1.165, 1.54) is 18.5 Å². The summed E-state index contributed by atoms with van der Waals surface area (Å²) >= 11 is 6.51. The highest BCUT2D eigenvalue weighted by atomic mass is 79.9. The van der Waals surface area contributed by atoms with Gasteiger partial charge in [-0.05, 0) is 44.9 Å². The predicted octanol–water partition coefficient (Wildman–Crippen LogP) is 5.19. The number of rotatable bonds is 3. The van der Waals surface area contributed by atoms with Gasteiger partial charge in [-0.2, -0.15) is 5.10 Å². The summed E-state index contributed by atoms with van der Waals surface area (Å²) in [5, 5.41) is 16.0. The van der Waals surface area contributed by atoms with Crippen molar-refractivity contribution in [1.82, 2.24) is 9.78 Å². The first kappa shape index (κ1) is 18.6. The highest BCUT2D eigenvalue weighted by Crippen LogP contribution is 2.33. The Bertz CT molecular complexity index is 1240. The van der Waals surface area contributed by atoms with Crippen LogP contribution < -0.4 is 0 Å². The van der Waals surface area contributed by atoms with Crippen molar-refractivity contribution in [3.8, 4) is 5.75 Å². The number of halogens is 2. The van der Waals surface area contributed by atoms with Crippen molar-refractivity contribution in [1.29, 1.82) is 0 Å². The van der Waals surface area contributed by atoms with E-state index < -0.39 is 5.78 Å². The number of nitrogens with zero attached hydrogens (tertiary/aromatic N) is 2. The van der Waals surface area contributed by atoms with Crippen LogP contribution in [-0.2, 0) is 0 Å². The van der Waals surface area contributed by atoms with Crippen LogP contribution >= 0.6 is 31.9 Å². The highest BCUT2D eigenvalue weighted by Gasteiger charge is 2.20. The normalized spacial score (nSPS) is 10.9. The Balaban J connectivity index is 1.72. The number of hydrogen-bond acceptors (Lipinski definition) is 4. The highest BCUT2D eigenvalue weighted by molar-refractivity contribution is 9.11. The summed E-state index contributed by atoms with van der Waals surface area (Å²) in [6.45, 7) is 0. The monoisotopic (exact) mass is 498 g/mol. The summed E-state index contributed by atoms with van der Waals surface area (Å²) in [5.41, 5.74) is 0.806. The maximum atomic E-state index is 12.9. The zero-order valence-electron chi connectivity index (χ0n) is 14.3. The lowest BCUT2D eigenvalue weighted by Crippen LogP contribution is -2.13. The third-order valence-electron chi connectivity index (χ3n) is 4.35. The van der Waals surface area contributed by atoms with E-state index in [2.05, 4.69) is 37.0 Å². The zero-order valence-corrected chi connectivity index (χ0v) is 17.4. The lowest BCUT2D eigenvalue weighted by Gasteiger charge is -2.06. The van der Waals surface area contributed by atoms with Crippen molar-refractivity contribution in [2.75, 3.05) is 0 Å². The summed E-state index contributed by atoms with van der Waals surface area (Å²) in [6.07, 6.45) is 2.69. The number of aromatic nitrogens is 2. The van der Waals surface area contributed by atoms with E-state index in [9.17, 15) is 14.7 Å². The Hall–Kier alpha value is -2.77. The van der Waals surface area contributed by atoms with Gasteiger partial charge < -0.3 is 5.11 Å². The molecule has 7 heteroatoms. The second-order valence-corrected chi connectivity index (χ2v) is 7.89. The van der Waals surface area contributed by atoms with Gasteiger partial charge in [-0.1, -0.05) is 52.3 Å². The lowest BCUT2D eigenvalue weighted by atomic mass is 10.0. The van der Waals surface area contributed by atoms with E-state index in [4.69, 9.17) is 0 Å². The minimum absolute atomic E-state index is 0.110. The third-order valence-corrected chi connectivity index (χ3v) is 5.41. The van der Waals surface area contributed by atoms with Crippen LogP contribution in [0.1, 0.15) is 26.3 Å². The largest absolute Gasteiger partial charge is 0.506 e. The summed E-state index contributed by atoms with van der Waals surface area (Å²) in [4.78, 5) is 25.7. The molecule has 0 aliphatic carbocycles. The number of benzene rings is 3. The summed E-state index contributed by atoms with van der Waals surface area (Å²) in [7, 11) is 0. The fraction of sp³-hybridized carbons (Fsp3) is 0. The molecule has 1 aromatic heterocycles. The maximum Gasteiger partial charge on any atom is 0.278 e. The molecule has 0 radical (unpaired) electrons. The fourth-order valence-electron chi connectivity index (χ4n) is 2.98. The minimum atomic E-state index is -0.434. The smallest absolute Gasteiger partial charge is 0.278 e. The molecule has 0 aliphatic rings. The molecule has 4 rings (SSSR count). The Labute approximate surface area is 176 Å². The van der Waals surface area contributed by atoms with Crippen LogP contribution in [0.15, 0.2) is 75.9 Å². The van der Waals surface area contributed by atoms with Crippen LogP contribution in [0.3, 0.4) is 0 Å². The summed E-state index contributed by atoms with van der Waals surface area (Å²) in [6, 6.07) is 16.2. The molecule has 0 amide bonds. The first-order valence-electron chi connectivity index (χ1n) is 8.25. The van der Waals surface area contributed by atoms with Gasteiger partial charge in [-0.15, -0.1) is 0 Å². The van der Waals surface area contributed by atoms with Gasteiger partial charge in [0.25, 0.3) is 5.91 Å². The van der Waals surface area contributed by atoms with Crippen molar-refractivity contribution in [2.24, 2.45) is 0 Å². The number of carbonyl (C=O) groups is 2. The second-order valence-electron chi connectivity index (χ2n) is 6.12. The first-order chi connectivity index (χ1) is 13.5. The van der Waals surface area contributed by atoms with Gasteiger partial charge in [0.15, 0.2) is 5.78 Å². The van der Waals surface area contributed by atoms with Gasteiger partial charge in [-0.3, -0.25) is 9.59 Å². The van der Waals surface area contributed by atoms with Gasteiger partial charge >= 0.3 is 0 Å². The molecule has 3 aromatic carbocycles. The molecule has 0 saturated heterocycles. The van der Waals surface area contributed by atoms with Crippen LogP contribution in [-0.4, -0.2) is 26.6 Å². The molecule has 0 atom stereocenters. The van der Waals surface area contributed by atoms with Crippen LogP contribution in [0.25, 0.3) is 10.8 Å². The molecule has 0 bridgehead atoms. The molecule has 0 fully saturated rings. The van der Waals surface area contributed by atoms with Gasteiger partial charge in [0, 0.05) is 16.2 Å². The number of carbonyl (C=O) groups excluding carboxylic acids is 2. The van der Waals surface area contributed by atoms with Crippen molar-refractivity contribution in [3.05, 3.63) is 92.6 Å². The number of fused-ring (bicyclic) bond motifs is 1. The second kappa shape index (κ2) is 7.33. The molecule has 0 saturated carbocycles. The van der Waals surface area contributed by atoms with Gasteiger partial charge in [0.05, 0.1) is 21.8 Å². The quantitative estimate of drug-likeness (QED) is 0.394. The molecule has 1 heterocycles. The van der Waals surface area contributed by atoms with E-state index in [0.29, 0.717) is 14.5 Å². The lowest BCUT2D eigenvalue weighted by molar-refractivity contribution is 0.0946. The van der Waals surface area contributed by atoms with Gasteiger partial charge in [-0.25, -0.2) is 4.68 Å². The van der Waals surface area contributed by atoms with Crippen LogP contribution in [0, 0.1) is 0 Å². The Morgan fingerprint density at radius 2 is 1.71 bits per heavy atom. The molecule has 1 N–H and O–H groups in total. The molecule has 5 nitrogen and oxygen atoms in total. The minimum Gasteiger partial charge on any atom is -0.506 e. The van der Waals surface area contributed by atoms with E-state index in [1.54, 1.807) is 12.1 Å². The van der Waals surface area contributed by atoms with E-state index in [-0.39, 0.29) is 22.8 Å². The topological polar surface area (TPSA) is 72.2 Å². The summed E-state index contributed by atoms with van der Waals surface area (Å²) < 4.78 is 2.17. The van der Waals surface area contributed by atoms with Gasteiger partial charge in [0.2, 0.25) is 0 Å². The standard InChI is InChI=1S/C21H12Br2N2O3/c22-14-8-17(20(27)18(23)9-14)19(26)13-10-24-25(11-13)21(28)16-7-3-5-12-4-1-2-6-15(12)16/h1-11,27H. The average Bonchev–Trinajstić information content (AvgIpc) is 3.19. The van der Waals surface area contributed by atoms with Crippen LogP contribution in [0.4, 0.5) is 0 Å². The van der Waals surface area contributed by atoms with Crippen molar-refractivity contribution in [2.45, 2.75) is 0 Å². The van der Waals surface area contributed by atoms with Gasteiger partial charge in [0.1, 0.15) is 5.75 Å². The van der Waals surface area contributed by atoms with E-state index >= 15 is 0 Å². The number of ketones is 1. The van der Waals surface area contributed by atoms with E-state index in [1.807, 2.05) is 36.4 Å². The first-order valence-corrected chi connectivity index (χ1v) is 9.84. The maximum absolute atomic E-state index is 12.9. The number of hydrogen-bond donors (Lipinski definition) is 1. The number of phenols is 1. The molecule has 0 spiro atoms. The summed E-state index contributed by atoms with van der Waals surface area (Å²) in [5.74, 6) is -0.937. The molecule has 0 aliphatic heterocycles. The van der Waals surface area contributed by atoms with Crippen molar-refractivity contribution < 1.29 is 14.7 Å². The Kier molecular flexibility index (Phi) is 4.87. The molecular formula is C21H12Br2N2O3. The van der Waals surface area contributed by atoms with Crippen LogP contribution in [0.5, 0.6) is 5.75 Å². The zero-order chi connectivity index (χ0) is 19.8. The molecule has 28 heavy (non-hydrogen) atoms. The van der Waals surface area contributed by atoms with E-state index in [0.717, 1.165) is 15.5 Å². The molecular weight excluding hydrogens is 488 g/mol. The number of aromatic hydroxyl groups is 1.